The molecular weight excluding hydrogens is 496 g/mol. The molecule has 0 heterocycles. The molecule has 0 spiro atoms. The summed E-state index contributed by atoms with van der Waals surface area (Å²) in [5, 5.41) is 11.8. The predicted octanol–water partition coefficient (Wildman–Crippen LogP) is 6.22. The van der Waals surface area contributed by atoms with Gasteiger partial charge in [-0.1, -0.05) is 48.5 Å². The number of ether oxygens (including phenoxy) is 1. The van der Waals surface area contributed by atoms with Crippen molar-refractivity contribution in [2.24, 2.45) is 0 Å². The molecule has 0 saturated carbocycles. The third-order valence-corrected chi connectivity index (χ3v) is 5.62. The van der Waals surface area contributed by atoms with Crippen LogP contribution in [0.25, 0.3) is 6.08 Å². The maximum absolute atomic E-state index is 13.0. The number of anilines is 4. The van der Waals surface area contributed by atoms with Crippen molar-refractivity contribution in [2.75, 3.05) is 23.1 Å². The van der Waals surface area contributed by atoms with Crippen LogP contribution >= 0.6 is 12.2 Å². The Morgan fingerprint density at radius 2 is 1.37 bits per heavy atom. The van der Waals surface area contributed by atoms with Crippen LogP contribution in [0.5, 0.6) is 5.75 Å². The molecule has 4 aromatic carbocycles. The summed E-state index contributed by atoms with van der Waals surface area (Å²) in [4.78, 5) is 25.4. The lowest BCUT2D eigenvalue weighted by molar-refractivity contribution is -0.115. The lowest BCUT2D eigenvalue weighted by Gasteiger charge is -2.13. The highest BCUT2D eigenvalue weighted by atomic mass is 32.1. The van der Waals surface area contributed by atoms with Crippen LogP contribution in [-0.4, -0.2) is 24.0 Å². The highest BCUT2D eigenvalue weighted by Crippen LogP contribution is 2.21. The van der Waals surface area contributed by atoms with Crippen molar-refractivity contribution >= 4 is 58.0 Å². The van der Waals surface area contributed by atoms with Crippen molar-refractivity contribution in [1.29, 1.82) is 0 Å². The van der Waals surface area contributed by atoms with Gasteiger partial charge in [-0.05, 0) is 72.9 Å². The normalized spacial score (nSPS) is 10.4. The minimum atomic E-state index is -0.417. The number of thiocarbonyl (C=S) groups is 1. The van der Waals surface area contributed by atoms with E-state index in [9.17, 15) is 9.59 Å². The number of methoxy groups -OCH3 is 1. The Morgan fingerprint density at radius 1 is 0.737 bits per heavy atom. The molecular formula is C30H26N4O3S. The van der Waals surface area contributed by atoms with Gasteiger partial charge in [-0.15, -0.1) is 0 Å². The summed E-state index contributed by atoms with van der Waals surface area (Å²) < 4.78 is 5.28. The molecule has 4 N–H and O–H groups in total. The zero-order valence-electron chi connectivity index (χ0n) is 20.6. The van der Waals surface area contributed by atoms with Crippen molar-refractivity contribution in [3.63, 3.8) is 0 Å². The number of benzene rings is 4. The van der Waals surface area contributed by atoms with Crippen LogP contribution in [0, 0.1) is 0 Å². The fourth-order valence-electron chi connectivity index (χ4n) is 3.59. The van der Waals surface area contributed by atoms with E-state index in [1.165, 1.54) is 6.08 Å². The Kier molecular flexibility index (Phi) is 8.83. The number of nitrogens with one attached hydrogen (secondary N) is 4. The van der Waals surface area contributed by atoms with Crippen LogP contribution in [-0.2, 0) is 4.79 Å². The van der Waals surface area contributed by atoms with Gasteiger partial charge in [0.05, 0.1) is 18.4 Å². The predicted molar refractivity (Wildman–Crippen MR) is 157 cm³/mol. The van der Waals surface area contributed by atoms with Crippen LogP contribution in [0.3, 0.4) is 0 Å². The first-order valence-electron chi connectivity index (χ1n) is 11.8. The molecule has 4 aromatic rings. The molecule has 190 valence electrons. The molecule has 0 atom stereocenters. The van der Waals surface area contributed by atoms with E-state index in [4.69, 9.17) is 17.0 Å². The second kappa shape index (κ2) is 12.8. The van der Waals surface area contributed by atoms with E-state index >= 15 is 0 Å². The molecule has 38 heavy (non-hydrogen) atoms. The molecule has 0 aliphatic rings. The number of hydrogen-bond donors (Lipinski definition) is 4. The molecule has 0 bridgehead atoms. The van der Waals surface area contributed by atoms with Gasteiger partial charge in [0.25, 0.3) is 5.91 Å². The molecule has 0 radical (unpaired) electrons. The van der Waals surface area contributed by atoms with Crippen LogP contribution in [0.2, 0.25) is 0 Å². The van der Waals surface area contributed by atoms with Crippen LogP contribution in [0.4, 0.5) is 22.7 Å². The summed E-state index contributed by atoms with van der Waals surface area (Å²) in [5.41, 5.74) is 4.11. The minimum absolute atomic E-state index is 0.0660. The monoisotopic (exact) mass is 522 g/mol. The Bertz CT molecular complexity index is 1450. The highest BCUT2D eigenvalue weighted by Gasteiger charge is 2.13. The maximum Gasteiger partial charge on any atom is 0.257 e. The summed E-state index contributed by atoms with van der Waals surface area (Å²) in [6, 6.07) is 31.5. The Balaban J connectivity index is 1.35. The van der Waals surface area contributed by atoms with E-state index in [0.29, 0.717) is 22.7 Å². The number of para-hydroxylation sites is 3. The molecule has 0 saturated heterocycles. The van der Waals surface area contributed by atoms with Crippen molar-refractivity contribution in [1.82, 2.24) is 5.32 Å². The Labute approximate surface area is 226 Å². The zero-order chi connectivity index (χ0) is 26.7. The molecule has 0 aliphatic carbocycles. The van der Waals surface area contributed by atoms with Gasteiger partial charge in [-0.3, -0.25) is 14.9 Å². The molecule has 7 nitrogen and oxygen atoms in total. The second-order valence-corrected chi connectivity index (χ2v) is 8.49. The number of amides is 2. The Hall–Kier alpha value is -4.95. The molecule has 0 unspecified atom stereocenters. The first-order valence-corrected chi connectivity index (χ1v) is 12.2. The molecule has 0 fully saturated rings. The van der Waals surface area contributed by atoms with Crippen molar-refractivity contribution in [3.05, 3.63) is 120 Å². The van der Waals surface area contributed by atoms with Gasteiger partial charge in [0.1, 0.15) is 5.75 Å². The van der Waals surface area contributed by atoms with Gasteiger partial charge in [-0.2, -0.15) is 0 Å². The molecule has 2 amide bonds. The van der Waals surface area contributed by atoms with Crippen molar-refractivity contribution < 1.29 is 14.3 Å². The van der Waals surface area contributed by atoms with Gasteiger partial charge in [-0.25, -0.2) is 0 Å². The average Bonchev–Trinajstić information content (AvgIpc) is 2.94. The van der Waals surface area contributed by atoms with E-state index in [1.54, 1.807) is 37.5 Å². The fourth-order valence-corrected chi connectivity index (χ4v) is 3.80. The second-order valence-electron chi connectivity index (χ2n) is 8.09. The van der Waals surface area contributed by atoms with E-state index in [1.807, 2.05) is 78.9 Å². The van der Waals surface area contributed by atoms with Gasteiger partial charge < -0.3 is 20.7 Å². The van der Waals surface area contributed by atoms with Gasteiger partial charge in [0, 0.05) is 28.7 Å². The summed E-state index contributed by atoms with van der Waals surface area (Å²) in [6.45, 7) is 0. The first kappa shape index (κ1) is 26.1. The SMILES string of the molecule is COc1ccccc1/C=C/C(=O)NC(=S)Nc1ccccc1C(=O)Nc1ccc(Nc2ccccc2)cc1. The van der Waals surface area contributed by atoms with Gasteiger partial charge in [0.15, 0.2) is 5.11 Å². The molecule has 0 aromatic heterocycles. The number of carbonyl (C=O) groups is 2. The van der Waals surface area contributed by atoms with Crippen LogP contribution < -0.4 is 26.0 Å². The molecule has 0 aliphatic heterocycles. The van der Waals surface area contributed by atoms with Crippen LogP contribution in [0.1, 0.15) is 15.9 Å². The lowest BCUT2D eigenvalue weighted by Crippen LogP contribution is -2.33. The topological polar surface area (TPSA) is 91.5 Å². The minimum Gasteiger partial charge on any atom is -0.496 e. The average molecular weight is 523 g/mol. The largest absolute Gasteiger partial charge is 0.496 e. The quantitative estimate of drug-likeness (QED) is 0.162. The van der Waals surface area contributed by atoms with Crippen molar-refractivity contribution in [2.45, 2.75) is 0 Å². The summed E-state index contributed by atoms with van der Waals surface area (Å²) in [7, 11) is 1.57. The molecule has 4 rings (SSSR count). The highest BCUT2D eigenvalue weighted by molar-refractivity contribution is 7.80. The van der Waals surface area contributed by atoms with Crippen LogP contribution in [0.15, 0.2) is 109 Å². The lowest BCUT2D eigenvalue weighted by atomic mass is 10.1. The van der Waals surface area contributed by atoms with E-state index in [0.717, 1.165) is 16.9 Å². The summed E-state index contributed by atoms with van der Waals surface area (Å²) in [6.07, 6.45) is 3.00. The van der Waals surface area contributed by atoms with Crippen molar-refractivity contribution in [3.8, 4) is 5.75 Å². The zero-order valence-corrected chi connectivity index (χ0v) is 21.4. The van der Waals surface area contributed by atoms with Gasteiger partial charge in [0.2, 0.25) is 5.91 Å². The van der Waals surface area contributed by atoms with E-state index in [-0.39, 0.29) is 11.0 Å². The molecule has 8 heteroatoms. The Morgan fingerprint density at radius 3 is 2.13 bits per heavy atom. The van der Waals surface area contributed by atoms with Gasteiger partial charge >= 0.3 is 0 Å². The summed E-state index contributed by atoms with van der Waals surface area (Å²) >= 11 is 5.30. The fraction of sp³-hybridized carbons (Fsp3) is 0.0333. The number of carbonyl (C=O) groups excluding carboxylic acids is 2. The van der Waals surface area contributed by atoms with E-state index in [2.05, 4.69) is 21.3 Å². The smallest absolute Gasteiger partial charge is 0.257 e. The number of rotatable bonds is 8. The van der Waals surface area contributed by atoms with E-state index < -0.39 is 5.91 Å². The number of hydrogen-bond acceptors (Lipinski definition) is 5. The summed E-state index contributed by atoms with van der Waals surface area (Å²) in [5.74, 6) is -0.0825. The third kappa shape index (κ3) is 7.28. The standard InChI is InChI=1S/C30H26N4O3S/c1-37-27-14-8-5-9-21(27)15-20-28(35)34-30(38)33-26-13-7-6-12-25(26)29(36)32-24-18-16-23(17-19-24)31-22-10-3-2-4-11-22/h2-20,31H,1H3,(H,32,36)(H2,33,34,35,38)/b20-15+. The first-order chi connectivity index (χ1) is 18.5. The maximum atomic E-state index is 13.0. The third-order valence-electron chi connectivity index (χ3n) is 5.42.